The van der Waals surface area contributed by atoms with E-state index in [-0.39, 0.29) is 23.3 Å². The first-order valence-corrected chi connectivity index (χ1v) is 8.24. The van der Waals surface area contributed by atoms with E-state index in [0.717, 1.165) is 12.8 Å². The fourth-order valence-electron chi connectivity index (χ4n) is 2.50. The minimum absolute atomic E-state index is 0. The zero-order valence-electron chi connectivity index (χ0n) is 11.3. The Morgan fingerprint density at radius 2 is 1.95 bits per heavy atom. The lowest BCUT2D eigenvalue weighted by molar-refractivity contribution is 0.211. The molecular weight excluding hydrogens is 319 g/mol. The number of hydrogen-bond donors (Lipinski definition) is 1. The van der Waals surface area contributed by atoms with Gasteiger partial charge in [-0.2, -0.15) is 4.31 Å². The maximum atomic E-state index is 12.6. The minimum atomic E-state index is -3.47. The van der Waals surface area contributed by atoms with Crippen LogP contribution in [0.15, 0.2) is 29.2 Å². The van der Waals surface area contributed by atoms with Gasteiger partial charge in [-0.25, -0.2) is 8.42 Å². The molecule has 7 heteroatoms. The van der Waals surface area contributed by atoms with Crippen LogP contribution in [-0.4, -0.2) is 31.9 Å². The van der Waals surface area contributed by atoms with Crippen LogP contribution in [-0.2, 0) is 10.0 Å². The van der Waals surface area contributed by atoms with E-state index < -0.39 is 10.0 Å². The summed E-state index contributed by atoms with van der Waals surface area (Å²) in [6.07, 6.45) is 1.70. The summed E-state index contributed by atoms with van der Waals surface area (Å²) in [7, 11) is -3.47. The highest BCUT2D eigenvalue weighted by Crippen LogP contribution is 2.28. The van der Waals surface area contributed by atoms with Gasteiger partial charge < -0.3 is 5.73 Å². The van der Waals surface area contributed by atoms with Gasteiger partial charge in [0.2, 0.25) is 10.0 Å². The third-order valence-electron chi connectivity index (χ3n) is 3.62. The number of sulfonamides is 1. The van der Waals surface area contributed by atoms with E-state index in [4.69, 9.17) is 17.3 Å². The first-order valence-electron chi connectivity index (χ1n) is 6.42. The van der Waals surface area contributed by atoms with Gasteiger partial charge in [-0.05, 0) is 43.0 Å². The van der Waals surface area contributed by atoms with Crippen LogP contribution in [0.25, 0.3) is 0 Å². The maximum absolute atomic E-state index is 12.6. The molecule has 0 aliphatic carbocycles. The van der Waals surface area contributed by atoms with Crippen molar-refractivity contribution in [1.29, 1.82) is 0 Å². The Morgan fingerprint density at radius 3 is 2.50 bits per heavy atom. The summed E-state index contributed by atoms with van der Waals surface area (Å²) in [5, 5.41) is 0.529. The Labute approximate surface area is 131 Å². The van der Waals surface area contributed by atoms with Crippen LogP contribution in [0.5, 0.6) is 0 Å². The largest absolute Gasteiger partial charge is 0.329 e. The molecule has 20 heavy (non-hydrogen) atoms. The van der Waals surface area contributed by atoms with Gasteiger partial charge in [0.25, 0.3) is 0 Å². The van der Waals surface area contributed by atoms with Gasteiger partial charge in [-0.1, -0.05) is 18.5 Å². The van der Waals surface area contributed by atoms with Crippen molar-refractivity contribution >= 4 is 34.0 Å². The molecule has 4 nitrogen and oxygen atoms in total. The van der Waals surface area contributed by atoms with Crippen LogP contribution in [0, 0.1) is 5.92 Å². The maximum Gasteiger partial charge on any atom is 0.243 e. The Bertz CT molecular complexity index is 534. The predicted octanol–water partition coefficient (Wildman–Crippen LogP) is 2.51. The third kappa shape index (κ3) is 3.65. The summed E-state index contributed by atoms with van der Waals surface area (Å²) in [5.74, 6) is 0.519. The molecule has 2 unspecified atom stereocenters. The van der Waals surface area contributed by atoms with Gasteiger partial charge in [0.1, 0.15) is 0 Å². The summed E-state index contributed by atoms with van der Waals surface area (Å²) >= 11 is 5.79. The summed E-state index contributed by atoms with van der Waals surface area (Å²) < 4.78 is 26.7. The van der Waals surface area contributed by atoms with Crippen molar-refractivity contribution in [2.75, 3.05) is 13.1 Å². The van der Waals surface area contributed by atoms with E-state index in [2.05, 4.69) is 6.92 Å². The summed E-state index contributed by atoms with van der Waals surface area (Å²) in [6.45, 7) is 3.03. The quantitative estimate of drug-likeness (QED) is 0.920. The zero-order valence-corrected chi connectivity index (χ0v) is 13.7. The molecule has 1 aliphatic heterocycles. The predicted molar refractivity (Wildman–Crippen MR) is 83.8 cm³/mol. The van der Waals surface area contributed by atoms with Crippen molar-refractivity contribution in [3.05, 3.63) is 29.3 Å². The van der Waals surface area contributed by atoms with Crippen LogP contribution in [0.4, 0.5) is 0 Å². The molecule has 1 heterocycles. The van der Waals surface area contributed by atoms with Gasteiger partial charge in [0, 0.05) is 24.2 Å². The van der Waals surface area contributed by atoms with E-state index in [0.29, 0.717) is 24.0 Å². The van der Waals surface area contributed by atoms with Crippen LogP contribution in [0.3, 0.4) is 0 Å². The van der Waals surface area contributed by atoms with Gasteiger partial charge >= 0.3 is 0 Å². The fraction of sp³-hybridized carbons (Fsp3) is 0.538. The molecule has 1 aromatic carbocycles. The van der Waals surface area contributed by atoms with Crippen molar-refractivity contribution in [1.82, 2.24) is 4.31 Å². The van der Waals surface area contributed by atoms with Gasteiger partial charge in [0.15, 0.2) is 0 Å². The van der Waals surface area contributed by atoms with Crippen molar-refractivity contribution in [3.63, 3.8) is 0 Å². The number of nitrogens with two attached hydrogens (primary N) is 1. The van der Waals surface area contributed by atoms with Crippen LogP contribution >= 0.6 is 24.0 Å². The van der Waals surface area contributed by atoms with E-state index in [9.17, 15) is 8.42 Å². The molecule has 0 bridgehead atoms. The Kier molecular flexibility index (Phi) is 6.28. The van der Waals surface area contributed by atoms with E-state index in [1.165, 1.54) is 4.31 Å². The van der Waals surface area contributed by atoms with Crippen molar-refractivity contribution in [2.45, 2.75) is 30.7 Å². The lowest BCUT2D eigenvalue weighted by Gasteiger charge is -2.36. The molecule has 0 saturated carbocycles. The lowest BCUT2D eigenvalue weighted by Crippen LogP contribution is -2.49. The first kappa shape index (κ1) is 17.7. The first-order chi connectivity index (χ1) is 8.95. The molecule has 2 atom stereocenters. The van der Waals surface area contributed by atoms with Crippen molar-refractivity contribution in [3.8, 4) is 0 Å². The monoisotopic (exact) mass is 338 g/mol. The van der Waals surface area contributed by atoms with E-state index >= 15 is 0 Å². The van der Waals surface area contributed by atoms with Gasteiger partial charge in [-0.3, -0.25) is 0 Å². The van der Waals surface area contributed by atoms with Crippen LogP contribution in [0.1, 0.15) is 19.8 Å². The summed E-state index contributed by atoms with van der Waals surface area (Å²) in [4.78, 5) is 0.282. The van der Waals surface area contributed by atoms with E-state index in [1.54, 1.807) is 24.3 Å². The molecule has 114 valence electrons. The normalized spacial score (nSPS) is 24.1. The molecule has 1 aliphatic rings. The fourth-order valence-corrected chi connectivity index (χ4v) is 4.29. The lowest BCUT2D eigenvalue weighted by atomic mass is 9.94. The highest BCUT2D eigenvalue weighted by Gasteiger charge is 2.34. The molecule has 0 aromatic heterocycles. The van der Waals surface area contributed by atoms with Gasteiger partial charge in [-0.15, -0.1) is 12.4 Å². The molecule has 2 N–H and O–H groups in total. The van der Waals surface area contributed by atoms with Crippen molar-refractivity contribution in [2.24, 2.45) is 11.7 Å². The number of benzene rings is 1. The Balaban J connectivity index is 0.00000200. The second kappa shape index (κ2) is 7.09. The highest BCUT2D eigenvalue weighted by atomic mass is 35.5. The molecule has 0 radical (unpaired) electrons. The SMILES string of the molecule is CC1CCN(S(=O)(=O)c2ccc(Cl)cc2)C(CN)C1.Cl. The van der Waals surface area contributed by atoms with Crippen LogP contribution in [0.2, 0.25) is 5.02 Å². The molecule has 1 aromatic rings. The standard InChI is InChI=1S/C13H19ClN2O2S.ClH/c1-10-6-7-16(12(8-10)9-15)19(17,18)13-4-2-11(14)3-5-13;/h2-5,10,12H,6-9,15H2,1H3;1H. The number of rotatable bonds is 3. The molecule has 0 spiro atoms. The van der Waals surface area contributed by atoms with Crippen molar-refractivity contribution < 1.29 is 8.42 Å². The Hall–Kier alpha value is -0.330. The average molecular weight is 339 g/mol. The second-order valence-electron chi connectivity index (χ2n) is 5.09. The minimum Gasteiger partial charge on any atom is -0.329 e. The second-order valence-corrected chi connectivity index (χ2v) is 7.42. The van der Waals surface area contributed by atoms with E-state index in [1.807, 2.05) is 0 Å². The number of halogens is 2. The zero-order chi connectivity index (χ0) is 14.0. The number of hydrogen-bond acceptors (Lipinski definition) is 3. The Morgan fingerprint density at radius 1 is 1.35 bits per heavy atom. The topological polar surface area (TPSA) is 63.4 Å². The van der Waals surface area contributed by atoms with Crippen LogP contribution < -0.4 is 5.73 Å². The summed E-state index contributed by atoms with van der Waals surface area (Å²) in [5.41, 5.74) is 5.73. The molecule has 1 fully saturated rings. The average Bonchev–Trinajstić information content (AvgIpc) is 2.38. The smallest absolute Gasteiger partial charge is 0.243 e. The number of nitrogens with zero attached hydrogens (tertiary/aromatic N) is 1. The molecule has 1 saturated heterocycles. The molecule has 2 rings (SSSR count). The highest BCUT2D eigenvalue weighted by molar-refractivity contribution is 7.89. The third-order valence-corrected chi connectivity index (χ3v) is 5.83. The summed E-state index contributed by atoms with van der Waals surface area (Å²) in [6, 6.07) is 6.17. The number of piperidine rings is 1. The van der Waals surface area contributed by atoms with Gasteiger partial charge in [0.05, 0.1) is 4.90 Å². The molecular formula is C13H20Cl2N2O2S. The molecule has 0 amide bonds.